The van der Waals surface area contributed by atoms with Crippen molar-refractivity contribution in [3.05, 3.63) is 35.4 Å². The van der Waals surface area contributed by atoms with Crippen LogP contribution in [0, 0.1) is 11.3 Å². The highest BCUT2D eigenvalue weighted by molar-refractivity contribution is 6.01. The molecule has 2 heterocycles. The van der Waals surface area contributed by atoms with Gasteiger partial charge in [-0.2, -0.15) is 5.26 Å². The lowest BCUT2D eigenvalue weighted by Gasteiger charge is -2.37. The van der Waals surface area contributed by atoms with Gasteiger partial charge in [0, 0.05) is 31.9 Å². The molecule has 0 radical (unpaired) electrons. The zero-order chi connectivity index (χ0) is 22.9. The molecular weight excluding hydrogens is 416 g/mol. The first kappa shape index (κ1) is 24.1. The van der Waals surface area contributed by atoms with Gasteiger partial charge < -0.3 is 35.4 Å². The Kier molecular flexibility index (Phi) is 8.99. The number of carbonyl (C=O) groups excluding carboxylic acids is 1. The number of hydrogen-bond donors (Lipinski definition) is 5. The summed E-state index contributed by atoms with van der Waals surface area (Å²) in [6.45, 7) is 4.62. The minimum Gasteiger partial charge on any atom is -0.394 e. The van der Waals surface area contributed by atoms with Crippen LogP contribution in [0.1, 0.15) is 5.56 Å². The molecule has 10 heteroatoms. The molecule has 0 aliphatic carbocycles. The molecule has 10 nitrogen and oxygen atoms in total. The first-order chi connectivity index (χ1) is 15.5. The van der Waals surface area contributed by atoms with Gasteiger partial charge in [-0.15, -0.1) is 0 Å². The van der Waals surface area contributed by atoms with Crippen LogP contribution < -0.4 is 10.6 Å². The maximum Gasteiger partial charge on any atom is 0.262 e. The Bertz CT molecular complexity index is 819. The number of benzene rings is 1. The lowest BCUT2D eigenvalue weighted by atomic mass is 9.98. The van der Waals surface area contributed by atoms with Crippen molar-refractivity contribution in [2.45, 2.75) is 24.4 Å². The predicted octanol–water partition coefficient (Wildman–Crippen LogP) is -1.06. The Morgan fingerprint density at radius 1 is 1.22 bits per heavy atom. The van der Waals surface area contributed by atoms with Crippen molar-refractivity contribution in [3.63, 3.8) is 0 Å². The van der Waals surface area contributed by atoms with Crippen LogP contribution >= 0.6 is 0 Å². The summed E-state index contributed by atoms with van der Waals surface area (Å²) >= 11 is 0. The summed E-state index contributed by atoms with van der Waals surface area (Å²) in [7, 11) is 0. The second-order valence-electron chi connectivity index (χ2n) is 7.79. The van der Waals surface area contributed by atoms with Gasteiger partial charge in [-0.25, -0.2) is 0 Å². The van der Waals surface area contributed by atoms with Crippen molar-refractivity contribution in [1.29, 1.82) is 5.26 Å². The van der Waals surface area contributed by atoms with Crippen LogP contribution in [0.15, 0.2) is 29.8 Å². The van der Waals surface area contributed by atoms with Crippen molar-refractivity contribution >= 4 is 17.7 Å². The van der Waals surface area contributed by atoms with E-state index in [9.17, 15) is 20.3 Å². The van der Waals surface area contributed by atoms with Crippen molar-refractivity contribution in [1.82, 2.24) is 10.2 Å². The number of aliphatic hydroxyl groups excluding tert-OH is 3. The summed E-state index contributed by atoms with van der Waals surface area (Å²) in [5, 5.41) is 44.5. The number of aliphatic hydroxyl groups is 3. The van der Waals surface area contributed by atoms with Gasteiger partial charge in [0.05, 0.1) is 32.5 Å². The zero-order valence-corrected chi connectivity index (χ0v) is 17.8. The molecule has 1 amide bonds. The van der Waals surface area contributed by atoms with Gasteiger partial charge in [-0.3, -0.25) is 9.69 Å². The molecular formula is C22H30N4O6. The molecule has 2 aliphatic heterocycles. The van der Waals surface area contributed by atoms with E-state index in [1.54, 1.807) is 12.1 Å². The van der Waals surface area contributed by atoms with Gasteiger partial charge in [0.15, 0.2) is 0 Å². The lowest BCUT2D eigenvalue weighted by molar-refractivity contribution is -0.163. The number of ether oxygens (including phenoxy) is 2. The topological polar surface area (TPSA) is 147 Å². The summed E-state index contributed by atoms with van der Waals surface area (Å²) in [5.41, 5.74) is 1.48. The molecule has 0 bridgehead atoms. The number of nitriles is 1. The third-order valence-corrected chi connectivity index (χ3v) is 5.58. The van der Waals surface area contributed by atoms with Crippen molar-refractivity contribution in [2.75, 3.05) is 57.9 Å². The Balaban J connectivity index is 1.52. The van der Waals surface area contributed by atoms with Gasteiger partial charge in [0.1, 0.15) is 30.0 Å². The number of anilines is 1. The van der Waals surface area contributed by atoms with E-state index >= 15 is 0 Å². The first-order valence-electron chi connectivity index (χ1n) is 10.7. The highest BCUT2D eigenvalue weighted by Crippen LogP contribution is 2.17. The van der Waals surface area contributed by atoms with Crippen LogP contribution in [-0.2, 0) is 14.3 Å². The summed E-state index contributed by atoms with van der Waals surface area (Å²) < 4.78 is 10.6. The van der Waals surface area contributed by atoms with Crippen molar-refractivity contribution in [3.8, 4) is 6.07 Å². The molecule has 5 N–H and O–H groups in total. The Morgan fingerprint density at radius 3 is 2.59 bits per heavy atom. The normalized spacial score (nSPS) is 26.9. The van der Waals surface area contributed by atoms with E-state index in [0.29, 0.717) is 5.56 Å². The third-order valence-electron chi connectivity index (χ3n) is 5.58. The summed E-state index contributed by atoms with van der Waals surface area (Å²) in [4.78, 5) is 14.8. The number of hydrogen-bond acceptors (Lipinski definition) is 9. The van der Waals surface area contributed by atoms with Gasteiger partial charge >= 0.3 is 0 Å². The van der Waals surface area contributed by atoms with Crippen LogP contribution in [0.25, 0.3) is 6.08 Å². The largest absolute Gasteiger partial charge is 0.394 e. The van der Waals surface area contributed by atoms with Crippen LogP contribution in [0.5, 0.6) is 0 Å². The molecule has 0 unspecified atom stereocenters. The average molecular weight is 447 g/mol. The fraction of sp³-hybridized carbons (Fsp3) is 0.545. The summed E-state index contributed by atoms with van der Waals surface area (Å²) in [6.07, 6.45) is -2.11. The zero-order valence-electron chi connectivity index (χ0n) is 17.8. The smallest absolute Gasteiger partial charge is 0.262 e. The highest BCUT2D eigenvalue weighted by Gasteiger charge is 2.39. The fourth-order valence-corrected chi connectivity index (χ4v) is 3.61. The molecule has 2 fully saturated rings. The number of rotatable bonds is 8. The van der Waals surface area contributed by atoms with E-state index in [2.05, 4.69) is 15.5 Å². The number of amides is 1. The quantitative estimate of drug-likeness (QED) is 0.249. The summed E-state index contributed by atoms with van der Waals surface area (Å²) in [5.74, 6) is -0.678. The first-order valence-corrected chi connectivity index (χ1v) is 10.7. The third kappa shape index (κ3) is 6.49. The Hall–Kier alpha value is -2.52. The second-order valence-corrected chi connectivity index (χ2v) is 7.79. The fourth-order valence-electron chi connectivity index (χ4n) is 3.61. The van der Waals surface area contributed by atoms with Crippen LogP contribution in [-0.4, -0.2) is 103 Å². The minimum atomic E-state index is -1.34. The Morgan fingerprint density at radius 2 is 1.94 bits per heavy atom. The van der Waals surface area contributed by atoms with Gasteiger partial charge in [0.2, 0.25) is 0 Å². The number of nitrogens with one attached hydrogen (secondary N) is 2. The van der Waals surface area contributed by atoms with Gasteiger partial charge in [-0.1, -0.05) is 12.1 Å². The molecule has 32 heavy (non-hydrogen) atoms. The van der Waals surface area contributed by atoms with Crippen LogP contribution in [0.4, 0.5) is 5.69 Å². The molecule has 3 rings (SSSR count). The molecule has 0 aromatic heterocycles. The van der Waals surface area contributed by atoms with E-state index < -0.39 is 36.9 Å². The second kappa shape index (κ2) is 11.9. The van der Waals surface area contributed by atoms with Crippen molar-refractivity contribution < 1.29 is 29.6 Å². The number of morpholine rings is 1. The minimum absolute atomic E-state index is 0.0846. The average Bonchev–Trinajstić information content (AvgIpc) is 2.82. The Labute approximate surface area is 187 Å². The molecule has 1 aromatic rings. The van der Waals surface area contributed by atoms with Crippen LogP contribution in [0.3, 0.4) is 0 Å². The van der Waals surface area contributed by atoms with E-state index in [-0.39, 0.29) is 12.2 Å². The molecule has 2 aliphatic rings. The molecule has 4 atom stereocenters. The van der Waals surface area contributed by atoms with Gasteiger partial charge in [0.25, 0.3) is 5.91 Å². The van der Waals surface area contributed by atoms with E-state index in [4.69, 9.17) is 14.6 Å². The van der Waals surface area contributed by atoms with Gasteiger partial charge in [-0.05, 0) is 23.8 Å². The SMILES string of the molecule is N#C/C(=C\c1ccc(NCCN2CCOCC2)cc1)C(=O)N[C@H]1CO[C@H](CO)[C@@H](O)[C@@H]1O. The summed E-state index contributed by atoms with van der Waals surface area (Å²) in [6, 6.07) is 8.33. The van der Waals surface area contributed by atoms with E-state index in [0.717, 1.165) is 45.1 Å². The lowest BCUT2D eigenvalue weighted by Crippen LogP contribution is -2.60. The maximum absolute atomic E-state index is 12.5. The van der Waals surface area contributed by atoms with Crippen molar-refractivity contribution in [2.24, 2.45) is 0 Å². The monoisotopic (exact) mass is 446 g/mol. The number of nitrogens with zero attached hydrogens (tertiary/aromatic N) is 2. The van der Waals surface area contributed by atoms with E-state index in [1.807, 2.05) is 18.2 Å². The highest BCUT2D eigenvalue weighted by atomic mass is 16.5. The molecule has 0 spiro atoms. The predicted molar refractivity (Wildman–Crippen MR) is 117 cm³/mol. The number of carbonyl (C=O) groups is 1. The van der Waals surface area contributed by atoms with Crippen LogP contribution in [0.2, 0.25) is 0 Å². The van der Waals surface area contributed by atoms with E-state index in [1.165, 1.54) is 6.08 Å². The molecule has 0 saturated carbocycles. The molecule has 1 aromatic carbocycles. The standard InChI is InChI=1S/C22H30N4O6/c23-12-16(22(30)25-18-14-32-19(13-27)21(29)20(18)28)11-15-1-3-17(4-2-15)24-5-6-26-7-9-31-10-8-26/h1-4,11,18-21,24,27-29H,5-10,13-14H2,(H,25,30)/b16-11+/t18-,19+,20+,21+/m0/s1. The molecule has 174 valence electrons. The maximum atomic E-state index is 12.5. The molecule has 2 saturated heterocycles.